The van der Waals surface area contributed by atoms with Gasteiger partial charge in [-0.1, -0.05) is 41.5 Å². The lowest BCUT2D eigenvalue weighted by Gasteiger charge is -2.44. The Morgan fingerprint density at radius 3 is 2.20 bits per heavy atom. The minimum Gasteiger partial charge on any atom is -0.342 e. The Kier molecular flexibility index (Phi) is 6.50. The highest BCUT2D eigenvalue weighted by molar-refractivity contribution is 8.00. The quantitative estimate of drug-likeness (QED) is 0.753. The van der Waals surface area contributed by atoms with Crippen molar-refractivity contribution < 1.29 is 9.59 Å². The molecule has 1 atom stereocenters. The third-order valence-corrected chi connectivity index (χ3v) is 6.87. The number of nitrogens with zero attached hydrogens (tertiary/aromatic N) is 2. The lowest BCUT2D eigenvalue weighted by Crippen LogP contribution is -2.54. The van der Waals surface area contributed by atoms with Crippen LogP contribution in [-0.2, 0) is 9.59 Å². The van der Waals surface area contributed by atoms with E-state index < -0.39 is 0 Å². The normalized spacial score (nSPS) is 21.9. The molecule has 0 aromatic rings. The molecule has 1 spiro atoms. The molecule has 2 fully saturated rings. The summed E-state index contributed by atoms with van der Waals surface area (Å²) in [6.45, 7) is 15.3. The molecular weight excluding hydrogens is 332 g/mol. The van der Waals surface area contributed by atoms with Gasteiger partial charge in [0.25, 0.3) is 0 Å². The number of hydrogen-bond acceptors (Lipinski definition) is 3. The van der Waals surface area contributed by atoms with Gasteiger partial charge in [-0.2, -0.15) is 0 Å². The number of piperidine rings is 1. The number of thioether (sulfide) groups is 1. The molecule has 0 radical (unpaired) electrons. The third kappa shape index (κ3) is 5.15. The largest absolute Gasteiger partial charge is 0.342 e. The van der Waals surface area contributed by atoms with Crippen LogP contribution in [0.2, 0.25) is 0 Å². The molecule has 1 unspecified atom stereocenters. The van der Waals surface area contributed by atoms with Crippen molar-refractivity contribution in [3.8, 4) is 0 Å². The van der Waals surface area contributed by atoms with E-state index in [2.05, 4.69) is 32.6 Å². The number of likely N-dealkylation sites (tertiary alicyclic amines) is 1. The predicted octanol–water partition coefficient (Wildman–Crippen LogP) is 4.00. The second kappa shape index (κ2) is 7.89. The van der Waals surface area contributed by atoms with Crippen LogP contribution in [0.25, 0.3) is 0 Å². The summed E-state index contributed by atoms with van der Waals surface area (Å²) in [6.07, 6.45) is 3.54. The van der Waals surface area contributed by atoms with Gasteiger partial charge in [-0.15, -0.1) is 11.8 Å². The fourth-order valence-corrected chi connectivity index (χ4v) is 5.76. The minimum atomic E-state index is -0.0604. The number of rotatable bonds is 4. The lowest BCUT2D eigenvalue weighted by molar-refractivity contribution is -0.139. The maximum absolute atomic E-state index is 12.7. The van der Waals surface area contributed by atoms with Crippen LogP contribution in [-0.4, -0.2) is 51.9 Å². The molecule has 0 aromatic carbocycles. The van der Waals surface area contributed by atoms with Crippen LogP contribution in [0, 0.1) is 17.3 Å². The maximum atomic E-state index is 12.7. The molecule has 144 valence electrons. The molecule has 2 rings (SSSR count). The van der Waals surface area contributed by atoms with E-state index in [0.29, 0.717) is 12.3 Å². The Labute approximate surface area is 158 Å². The van der Waals surface area contributed by atoms with Crippen LogP contribution in [0.4, 0.5) is 0 Å². The van der Waals surface area contributed by atoms with Crippen molar-refractivity contribution in [2.75, 3.05) is 25.4 Å². The van der Waals surface area contributed by atoms with E-state index in [1.807, 2.05) is 30.5 Å². The van der Waals surface area contributed by atoms with E-state index in [1.54, 1.807) is 0 Å². The van der Waals surface area contributed by atoms with E-state index >= 15 is 0 Å². The number of carbonyl (C=O) groups excluding carboxylic acids is 2. The van der Waals surface area contributed by atoms with E-state index in [9.17, 15) is 9.59 Å². The molecule has 5 heteroatoms. The van der Waals surface area contributed by atoms with Gasteiger partial charge in [0.2, 0.25) is 11.8 Å². The van der Waals surface area contributed by atoms with Gasteiger partial charge in [0, 0.05) is 37.7 Å². The van der Waals surface area contributed by atoms with Gasteiger partial charge in [-0.3, -0.25) is 9.59 Å². The molecule has 0 aromatic heterocycles. The van der Waals surface area contributed by atoms with Crippen LogP contribution in [0.1, 0.15) is 67.2 Å². The summed E-state index contributed by atoms with van der Waals surface area (Å²) >= 11 is 1.92. The summed E-state index contributed by atoms with van der Waals surface area (Å²) in [5.41, 5.74) is 0.268. The van der Waals surface area contributed by atoms with Gasteiger partial charge in [-0.05, 0) is 30.6 Å². The minimum absolute atomic E-state index is 0.0495. The summed E-state index contributed by atoms with van der Waals surface area (Å²) in [6, 6.07) is 0. The highest BCUT2D eigenvalue weighted by atomic mass is 32.2. The Morgan fingerprint density at radius 2 is 1.68 bits per heavy atom. The molecule has 0 bridgehead atoms. The molecule has 2 aliphatic rings. The van der Waals surface area contributed by atoms with Crippen molar-refractivity contribution in [3.63, 3.8) is 0 Å². The molecule has 0 saturated carbocycles. The number of hydrogen-bond donors (Lipinski definition) is 0. The Balaban J connectivity index is 1.90. The van der Waals surface area contributed by atoms with Gasteiger partial charge >= 0.3 is 0 Å². The van der Waals surface area contributed by atoms with Crippen LogP contribution < -0.4 is 0 Å². The first-order valence-electron chi connectivity index (χ1n) is 9.77. The maximum Gasteiger partial charge on any atom is 0.226 e. The highest BCUT2D eigenvalue weighted by Gasteiger charge is 2.47. The first kappa shape index (κ1) is 20.6. The molecule has 4 nitrogen and oxygen atoms in total. The van der Waals surface area contributed by atoms with Gasteiger partial charge in [0.15, 0.2) is 0 Å². The van der Waals surface area contributed by atoms with Crippen molar-refractivity contribution in [3.05, 3.63) is 0 Å². The van der Waals surface area contributed by atoms with E-state index in [0.717, 1.165) is 44.6 Å². The Hall–Kier alpha value is -0.710. The molecule has 0 aliphatic carbocycles. The molecule has 2 amide bonds. The zero-order chi connectivity index (χ0) is 18.8. The first-order chi connectivity index (χ1) is 11.5. The summed E-state index contributed by atoms with van der Waals surface area (Å²) in [5.74, 6) is 2.05. The number of carbonyl (C=O) groups is 2. The second-order valence-corrected chi connectivity index (χ2v) is 10.9. The summed E-state index contributed by atoms with van der Waals surface area (Å²) in [4.78, 5) is 29.3. The average molecular weight is 369 g/mol. The summed E-state index contributed by atoms with van der Waals surface area (Å²) < 4.78 is 0. The first-order valence-corrected chi connectivity index (χ1v) is 10.8. The van der Waals surface area contributed by atoms with Crippen LogP contribution >= 0.6 is 11.8 Å². The summed E-state index contributed by atoms with van der Waals surface area (Å²) in [5, 5.41) is 0. The molecule has 2 aliphatic heterocycles. The lowest BCUT2D eigenvalue weighted by atomic mass is 9.84. The van der Waals surface area contributed by atoms with Crippen molar-refractivity contribution >= 4 is 23.6 Å². The average Bonchev–Trinajstić information content (AvgIpc) is 2.88. The van der Waals surface area contributed by atoms with Crippen molar-refractivity contribution in [1.29, 1.82) is 0 Å². The van der Waals surface area contributed by atoms with E-state index in [-0.39, 0.29) is 28.0 Å². The zero-order valence-corrected chi connectivity index (χ0v) is 17.7. The molecule has 25 heavy (non-hydrogen) atoms. The standard InChI is InChI=1S/C20H36N2O2S/c1-15(2)18(24)22-11-12-25-20(22)7-9-21(10-8-20)17(23)13-16(3)14-19(4,5)6/h15-16H,7-14H2,1-6H3. The van der Waals surface area contributed by atoms with E-state index in [1.165, 1.54) is 0 Å². The number of amides is 2. The fourth-order valence-electron chi connectivity index (χ4n) is 4.30. The van der Waals surface area contributed by atoms with Crippen molar-refractivity contribution in [2.45, 2.75) is 72.1 Å². The van der Waals surface area contributed by atoms with Crippen LogP contribution in [0.15, 0.2) is 0 Å². The smallest absolute Gasteiger partial charge is 0.226 e. The SMILES string of the molecule is CC(CC(=O)N1CCC2(CC1)SCCN2C(=O)C(C)C)CC(C)(C)C. The molecular formula is C20H36N2O2S. The summed E-state index contributed by atoms with van der Waals surface area (Å²) in [7, 11) is 0. The van der Waals surface area contributed by atoms with Crippen LogP contribution in [0.5, 0.6) is 0 Å². The topological polar surface area (TPSA) is 40.6 Å². The van der Waals surface area contributed by atoms with Crippen molar-refractivity contribution in [1.82, 2.24) is 9.80 Å². The van der Waals surface area contributed by atoms with E-state index in [4.69, 9.17) is 0 Å². The monoisotopic (exact) mass is 368 g/mol. The van der Waals surface area contributed by atoms with Crippen LogP contribution in [0.3, 0.4) is 0 Å². The molecule has 2 saturated heterocycles. The van der Waals surface area contributed by atoms with Gasteiger partial charge < -0.3 is 9.80 Å². The zero-order valence-electron chi connectivity index (χ0n) is 16.9. The fraction of sp³-hybridized carbons (Fsp3) is 0.900. The van der Waals surface area contributed by atoms with Gasteiger partial charge in [0.05, 0.1) is 4.87 Å². The van der Waals surface area contributed by atoms with Crippen molar-refractivity contribution in [2.24, 2.45) is 17.3 Å². The second-order valence-electron chi connectivity index (χ2n) is 9.39. The Bertz CT molecular complexity index is 490. The predicted molar refractivity (Wildman–Crippen MR) is 105 cm³/mol. The molecule has 2 heterocycles. The molecule has 0 N–H and O–H groups in total. The third-order valence-electron chi connectivity index (χ3n) is 5.32. The highest BCUT2D eigenvalue weighted by Crippen LogP contribution is 2.44. The Morgan fingerprint density at radius 1 is 1.08 bits per heavy atom. The van der Waals surface area contributed by atoms with Gasteiger partial charge in [-0.25, -0.2) is 0 Å². The van der Waals surface area contributed by atoms with Gasteiger partial charge in [0.1, 0.15) is 0 Å².